The summed E-state index contributed by atoms with van der Waals surface area (Å²) in [5.41, 5.74) is 4.36. The van der Waals surface area contributed by atoms with Crippen LogP contribution in [0.5, 0.6) is 0 Å². The van der Waals surface area contributed by atoms with Gasteiger partial charge >= 0.3 is 0 Å². The first-order chi connectivity index (χ1) is 8.16. The van der Waals surface area contributed by atoms with Gasteiger partial charge in [-0.3, -0.25) is 4.79 Å². The van der Waals surface area contributed by atoms with E-state index in [0.29, 0.717) is 6.42 Å². The zero-order valence-corrected chi connectivity index (χ0v) is 11.0. The van der Waals surface area contributed by atoms with E-state index >= 15 is 0 Å². The van der Waals surface area contributed by atoms with Gasteiger partial charge in [0.15, 0.2) is 5.78 Å². The largest absolute Gasteiger partial charge is 0.294 e. The predicted octanol–water partition coefficient (Wildman–Crippen LogP) is 4.18. The molecule has 2 heteroatoms. The van der Waals surface area contributed by atoms with Gasteiger partial charge in [-0.2, -0.15) is 11.3 Å². The minimum atomic E-state index is 0.248. The van der Waals surface area contributed by atoms with Gasteiger partial charge < -0.3 is 0 Å². The van der Waals surface area contributed by atoms with Gasteiger partial charge in [0, 0.05) is 12.0 Å². The number of carbonyl (C=O) groups is 1. The molecule has 1 heterocycles. The Labute approximate surface area is 106 Å². The molecule has 0 unspecified atom stereocenters. The predicted molar refractivity (Wildman–Crippen MR) is 72.9 cm³/mol. The maximum Gasteiger partial charge on any atom is 0.163 e. The normalized spacial score (nSPS) is 10.5. The number of rotatable bonds is 4. The standard InChI is InChI=1S/C15H16OS/c1-11-3-4-12(2)14(9-11)15(16)6-5-13-7-8-17-10-13/h3-4,7-10H,5-6H2,1-2H3. The minimum absolute atomic E-state index is 0.248. The summed E-state index contributed by atoms with van der Waals surface area (Å²) >= 11 is 1.68. The van der Waals surface area contributed by atoms with E-state index in [1.54, 1.807) is 11.3 Å². The van der Waals surface area contributed by atoms with E-state index in [-0.39, 0.29) is 5.78 Å². The molecule has 2 rings (SSSR count). The molecule has 1 nitrogen and oxygen atoms in total. The molecule has 0 aliphatic heterocycles. The summed E-state index contributed by atoms with van der Waals surface area (Å²) in [5.74, 6) is 0.248. The van der Waals surface area contributed by atoms with Crippen molar-refractivity contribution in [2.24, 2.45) is 0 Å². The van der Waals surface area contributed by atoms with E-state index in [1.165, 1.54) is 5.56 Å². The third-order valence-electron chi connectivity index (χ3n) is 2.91. The molecule has 0 aliphatic carbocycles. The maximum absolute atomic E-state index is 12.1. The Morgan fingerprint density at radius 1 is 1.24 bits per heavy atom. The van der Waals surface area contributed by atoms with Gasteiger partial charge in [0.1, 0.15) is 0 Å². The summed E-state index contributed by atoms with van der Waals surface area (Å²) in [6, 6.07) is 8.14. The first kappa shape index (κ1) is 12.1. The Morgan fingerprint density at radius 3 is 2.76 bits per heavy atom. The van der Waals surface area contributed by atoms with Gasteiger partial charge in [-0.05, 0) is 54.3 Å². The molecule has 1 aromatic heterocycles. The molecule has 0 amide bonds. The monoisotopic (exact) mass is 244 g/mol. The quantitative estimate of drug-likeness (QED) is 0.737. The van der Waals surface area contributed by atoms with Gasteiger partial charge in [0.05, 0.1) is 0 Å². The second-order valence-corrected chi connectivity index (χ2v) is 5.15. The van der Waals surface area contributed by atoms with Gasteiger partial charge in [-0.25, -0.2) is 0 Å². The Bertz CT molecular complexity index is 512. The van der Waals surface area contributed by atoms with Crippen molar-refractivity contribution in [2.75, 3.05) is 0 Å². The van der Waals surface area contributed by atoms with Crippen LogP contribution in [0.2, 0.25) is 0 Å². The topological polar surface area (TPSA) is 17.1 Å². The lowest BCUT2D eigenvalue weighted by Gasteiger charge is -2.05. The fourth-order valence-corrected chi connectivity index (χ4v) is 2.57. The van der Waals surface area contributed by atoms with Crippen LogP contribution in [0.4, 0.5) is 0 Å². The van der Waals surface area contributed by atoms with Crippen LogP contribution in [0, 0.1) is 13.8 Å². The molecule has 0 N–H and O–H groups in total. The van der Waals surface area contributed by atoms with Crippen molar-refractivity contribution in [3.05, 3.63) is 57.3 Å². The lowest BCUT2D eigenvalue weighted by atomic mass is 9.98. The van der Waals surface area contributed by atoms with Crippen molar-refractivity contribution in [2.45, 2.75) is 26.7 Å². The van der Waals surface area contributed by atoms with Crippen molar-refractivity contribution in [1.29, 1.82) is 0 Å². The van der Waals surface area contributed by atoms with Crippen molar-refractivity contribution >= 4 is 17.1 Å². The number of thiophene rings is 1. The molecule has 88 valence electrons. The van der Waals surface area contributed by atoms with Crippen molar-refractivity contribution in [3.8, 4) is 0 Å². The third-order valence-corrected chi connectivity index (χ3v) is 3.65. The van der Waals surface area contributed by atoms with E-state index in [1.807, 2.05) is 32.0 Å². The average molecular weight is 244 g/mol. The Kier molecular flexibility index (Phi) is 3.75. The smallest absolute Gasteiger partial charge is 0.163 e. The van der Waals surface area contributed by atoms with Crippen LogP contribution in [0.1, 0.15) is 33.5 Å². The number of hydrogen-bond donors (Lipinski definition) is 0. The fourth-order valence-electron chi connectivity index (χ4n) is 1.86. The second kappa shape index (κ2) is 5.28. The molecule has 2 aromatic rings. The van der Waals surface area contributed by atoms with Crippen molar-refractivity contribution < 1.29 is 4.79 Å². The van der Waals surface area contributed by atoms with E-state index in [9.17, 15) is 4.79 Å². The summed E-state index contributed by atoms with van der Waals surface area (Å²) < 4.78 is 0. The molecule has 0 aliphatic rings. The Morgan fingerprint density at radius 2 is 2.06 bits per heavy atom. The van der Waals surface area contributed by atoms with Gasteiger partial charge in [0.2, 0.25) is 0 Å². The Hall–Kier alpha value is -1.41. The molecule has 17 heavy (non-hydrogen) atoms. The summed E-state index contributed by atoms with van der Waals surface area (Å²) in [4.78, 5) is 12.1. The van der Waals surface area contributed by atoms with E-state index < -0.39 is 0 Å². The zero-order chi connectivity index (χ0) is 12.3. The molecular formula is C15H16OS. The second-order valence-electron chi connectivity index (χ2n) is 4.37. The molecule has 0 radical (unpaired) electrons. The van der Waals surface area contributed by atoms with Crippen LogP contribution in [0.25, 0.3) is 0 Å². The van der Waals surface area contributed by atoms with E-state index in [2.05, 4.69) is 16.8 Å². The number of hydrogen-bond acceptors (Lipinski definition) is 2. The maximum atomic E-state index is 12.1. The first-order valence-corrected chi connectivity index (χ1v) is 6.72. The van der Waals surface area contributed by atoms with Gasteiger partial charge in [-0.1, -0.05) is 17.7 Å². The van der Waals surface area contributed by atoms with E-state index in [0.717, 1.165) is 23.1 Å². The van der Waals surface area contributed by atoms with Gasteiger partial charge in [-0.15, -0.1) is 0 Å². The highest BCUT2D eigenvalue weighted by molar-refractivity contribution is 7.07. The van der Waals surface area contributed by atoms with Crippen LogP contribution in [-0.4, -0.2) is 5.78 Å². The number of aryl methyl sites for hydroxylation is 3. The highest BCUT2D eigenvalue weighted by Gasteiger charge is 2.09. The molecule has 1 aromatic carbocycles. The van der Waals surface area contributed by atoms with Crippen LogP contribution >= 0.6 is 11.3 Å². The number of Topliss-reactive ketones (excluding diaryl/α,β-unsaturated/α-hetero) is 1. The summed E-state index contributed by atoms with van der Waals surface area (Å²) in [5, 5.41) is 4.16. The summed E-state index contributed by atoms with van der Waals surface area (Å²) in [6.45, 7) is 4.02. The van der Waals surface area contributed by atoms with Crippen LogP contribution < -0.4 is 0 Å². The molecule has 0 spiro atoms. The molecule has 0 saturated carbocycles. The third kappa shape index (κ3) is 3.04. The van der Waals surface area contributed by atoms with Crippen molar-refractivity contribution in [3.63, 3.8) is 0 Å². The summed E-state index contributed by atoms with van der Waals surface area (Å²) in [7, 11) is 0. The number of carbonyl (C=O) groups excluding carboxylic acids is 1. The fraction of sp³-hybridized carbons (Fsp3) is 0.267. The zero-order valence-electron chi connectivity index (χ0n) is 10.2. The van der Waals surface area contributed by atoms with Crippen LogP contribution in [-0.2, 0) is 6.42 Å². The highest BCUT2D eigenvalue weighted by Crippen LogP contribution is 2.15. The minimum Gasteiger partial charge on any atom is -0.294 e. The molecule has 0 saturated heterocycles. The average Bonchev–Trinajstić information content (AvgIpc) is 2.82. The molecule has 0 bridgehead atoms. The van der Waals surface area contributed by atoms with Crippen molar-refractivity contribution in [1.82, 2.24) is 0 Å². The van der Waals surface area contributed by atoms with Gasteiger partial charge in [0.25, 0.3) is 0 Å². The lowest BCUT2D eigenvalue weighted by Crippen LogP contribution is -2.03. The SMILES string of the molecule is Cc1ccc(C)c(C(=O)CCc2ccsc2)c1. The van der Waals surface area contributed by atoms with Crippen LogP contribution in [0.15, 0.2) is 35.0 Å². The Balaban J connectivity index is 2.07. The number of ketones is 1. The molecule has 0 fully saturated rings. The molecular weight excluding hydrogens is 228 g/mol. The first-order valence-electron chi connectivity index (χ1n) is 5.78. The summed E-state index contributed by atoms with van der Waals surface area (Å²) in [6.07, 6.45) is 1.44. The highest BCUT2D eigenvalue weighted by atomic mass is 32.1. The van der Waals surface area contributed by atoms with E-state index in [4.69, 9.17) is 0 Å². The molecule has 0 atom stereocenters. The lowest BCUT2D eigenvalue weighted by molar-refractivity contribution is 0.0982. The van der Waals surface area contributed by atoms with Crippen LogP contribution in [0.3, 0.4) is 0 Å². The number of benzene rings is 1.